The minimum Gasteiger partial charge on any atom is -0.324 e. The molecule has 0 aliphatic rings. The zero-order chi connectivity index (χ0) is 23.5. The number of rotatable bonds is 9. The number of carbonyl (C=O) groups excluding carboxylic acids is 1. The second-order valence-electron chi connectivity index (χ2n) is 8.95. The maximum atomic E-state index is 14.7. The lowest BCUT2D eigenvalue weighted by atomic mass is 10.0. The first kappa shape index (κ1) is 23.6. The van der Waals surface area contributed by atoms with E-state index in [9.17, 15) is 9.18 Å². The van der Waals surface area contributed by atoms with Gasteiger partial charge in [-0.2, -0.15) is 5.10 Å². The number of nitrogens with zero attached hydrogens (tertiary/aromatic N) is 3. The lowest BCUT2D eigenvalue weighted by molar-refractivity contribution is -0.121. The van der Waals surface area contributed by atoms with Gasteiger partial charge in [0.25, 0.3) is 0 Å². The molecule has 0 saturated heterocycles. The van der Waals surface area contributed by atoms with Crippen molar-refractivity contribution in [2.45, 2.75) is 25.7 Å². The molecule has 1 heterocycles. The van der Waals surface area contributed by atoms with Crippen molar-refractivity contribution in [1.82, 2.24) is 14.7 Å². The Morgan fingerprint density at radius 1 is 1.19 bits per heavy atom. The summed E-state index contributed by atoms with van der Waals surface area (Å²) in [5, 5.41) is 8.91. The third-order valence-electron chi connectivity index (χ3n) is 5.47. The fourth-order valence-electron chi connectivity index (χ4n) is 3.91. The molecule has 0 radical (unpaired) electrons. The molecule has 7 heteroatoms. The lowest BCUT2D eigenvalue weighted by Gasteiger charge is -2.29. The van der Waals surface area contributed by atoms with Gasteiger partial charge in [-0.05, 0) is 35.0 Å². The van der Waals surface area contributed by atoms with Crippen LogP contribution in [0.25, 0.3) is 10.9 Å². The molecule has 1 atom stereocenters. The standard InChI is InChI=1S/C25H31FN4OSi/c1-7-13-30(14-8-2)24(18-9-11-22-19(15-18)17-27-29(22)3)25(31)28-20-10-12-23(21(26)16-20)32(4,5)6/h7-12,15-17,24H,1-2,13-14H2,3-6H3,(H,28,31). The highest BCUT2D eigenvalue weighted by atomic mass is 28.3. The van der Waals surface area contributed by atoms with Crippen LogP contribution in [0.3, 0.4) is 0 Å². The fourth-order valence-corrected chi connectivity index (χ4v) is 5.28. The van der Waals surface area contributed by atoms with Crippen molar-refractivity contribution in [1.29, 1.82) is 0 Å². The number of benzene rings is 2. The number of amides is 1. The molecule has 1 unspecified atom stereocenters. The van der Waals surface area contributed by atoms with Crippen LogP contribution in [0.2, 0.25) is 19.6 Å². The molecule has 3 rings (SSSR count). The Balaban J connectivity index is 1.98. The van der Waals surface area contributed by atoms with Crippen molar-refractivity contribution in [3.63, 3.8) is 0 Å². The predicted molar refractivity (Wildman–Crippen MR) is 133 cm³/mol. The van der Waals surface area contributed by atoms with Crippen molar-refractivity contribution in [2.75, 3.05) is 18.4 Å². The molecule has 0 bridgehead atoms. The van der Waals surface area contributed by atoms with Crippen LogP contribution in [-0.2, 0) is 11.8 Å². The zero-order valence-corrected chi connectivity index (χ0v) is 20.2. The zero-order valence-electron chi connectivity index (χ0n) is 19.2. The molecule has 2 aromatic carbocycles. The average Bonchev–Trinajstić information content (AvgIpc) is 3.08. The monoisotopic (exact) mass is 450 g/mol. The number of aryl methyl sites for hydroxylation is 1. The van der Waals surface area contributed by atoms with Gasteiger partial charge in [0, 0.05) is 31.2 Å². The first-order valence-electron chi connectivity index (χ1n) is 10.6. The summed E-state index contributed by atoms with van der Waals surface area (Å²) in [6, 6.07) is 10.2. The number of carbonyl (C=O) groups is 1. The molecule has 1 amide bonds. The highest BCUT2D eigenvalue weighted by molar-refractivity contribution is 6.88. The quantitative estimate of drug-likeness (QED) is 0.383. The van der Waals surface area contributed by atoms with Gasteiger partial charge in [0.2, 0.25) is 5.91 Å². The molecular formula is C25H31FN4OSi. The molecule has 168 valence electrons. The molecule has 3 aromatic rings. The summed E-state index contributed by atoms with van der Waals surface area (Å²) in [5.41, 5.74) is 2.25. The second kappa shape index (κ2) is 9.63. The number of hydrogen-bond donors (Lipinski definition) is 1. The van der Waals surface area contributed by atoms with Crippen molar-refractivity contribution < 1.29 is 9.18 Å². The Morgan fingerprint density at radius 3 is 2.47 bits per heavy atom. The number of fused-ring (bicyclic) bond motifs is 1. The Bertz CT molecular complexity index is 1140. The molecule has 32 heavy (non-hydrogen) atoms. The van der Waals surface area contributed by atoms with Crippen LogP contribution in [0.5, 0.6) is 0 Å². The van der Waals surface area contributed by atoms with Crippen LogP contribution in [-0.4, -0.2) is 41.8 Å². The van der Waals surface area contributed by atoms with Crippen molar-refractivity contribution in [3.05, 3.63) is 79.3 Å². The van der Waals surface area contributed by atoms with Gasteiger partial charge in [0.05, 0.1) is 19.8 Å². The molecular weight excluding hydrogens is 419 g/mol. The van der Waals surface area contributed by atoms with Gasteiger partial charge in [-0.15, -0.1) is 13.2 Å². The normalized spacial score (nSPS) is 12.7. The predicted octanol–water partition coefficient (Wildman–Crippen LogP) is 4.61. The summed E-state index contributed by atoms with van der Waals surface area (Å²) in [6.45, 7) is 14.9. The van der Waals surface area contributed by atoms with E-state index in [2.05, 4.69) is 43.2 Å². The first-order chi connectivity index (χ1) is 15.2. The van der Waals surface area contributed by atoms with E-state index in [-0.39, 0.29) is 11.7 Å². The molecule has 1 N–H and O–H groups in total. The molecule has 0 fully saturated rings. The Hall–Kier alpha value is -3.03. The summed E-state index contributed by atoms with van der Waals surface area (Å²) < 4.78 is 16.5. The number of halogens is 1. The number of aromatic nitrogens is 2. The van der Waals surface area contributed by atoms with Gasteiger partial charge >= 0.3 is 0 Å². The Labute approximate surface area is 190 Å². The minimum atomic E-state index is -1.80. The Morgan fingerprint density at radius 2 is 1.88 bits per heavy atom. The van der Waals surface area contributed by atoms with Crippen LogP contribution in [0.1, 0.15) is 11.6 Å². The lowest BCUT2D eigenvalue weighted by Crippen LogP contribution is -2.40. The topological polar surface area (TPSA) is 50.2 Å². The SMILES string of the molecule is C=CCN(CC=C)C(C(=O)Nc1ccc([Si](C)(C)C)c(F)c1)c1ccc2c(cnn2C)c1. The molecule has 0 aliphatic heterocycles. The van der Waals surface area contributed by atoms with Gasteiger partial charge in [0.15, 0.2) is 0 Å². The van der Waals surface area contributed by atoms with Gasteiger partial charge in [-0.1, -0.05) is 43.9 Å². The van der Waals surface area contributed by atoms with E-state index in [0.717, 1.165) is 21.7 Å². The molecule has 5 nitrogen and oxygen atoms in total. The molecule has 0 spiro atoms. The largest absolute Gasteiger partial charge is 0.324 e. The van der Waals surface area contributed by atoms with Crippen LogP contribution < -0.4 is 10.5 Å². The minimum absolute atomic E-state index is 0.239. The molecule has 1 aromatic heterocycles. The van der Waals surface area contributed by atoms with E-state index < -0.39 is 14.1 Å². The van der Waals surface area contributed by atoms with Crippen molar-refractivity contribution in [3.8, 4) is 0 Å². The van der Waals surface area contributed by atoms with Crippen LogP contribution >= 0.6 is 0 Å². The van der Waals surface area contributed by atoms with Crippen LogP contribution in [0, 0.1) is 5.82 Å². The van der Waals surface area contributed by atoms with Gasteiger partial charge in [0.1, 0.15) is 11.9 Å². The average molecular weight is 451 g/mol. The summed E-state index contributed by atoms with van der Waals surface area (Å²) in [4.78, 5) is 15.5. The molecule has 0 aliphatic carbocycles. The number of anilines is 1. The molecule has 0 saturated carbocycles. The number of hydrogen-bond acceptors (Lipinski definition) is 3. The first-order valence-corrected chi connectivity index (χ1v) is 14.1. The van der Waals surface area contributed by atoms with E-state index in [1.54, 1.807) is 35.2 Å². The maximum absolute atomic E-state index is 14.7. The van der Waals surface area contributed by atoms with Crippen LogP contribution in [0.15, 0.2) is 67.9 Å². The highest BCUT2D eigenvalue weighted by Crippen LogP contribution is 2.27. The second-order valence-corrected chi connectivity index (χ2v) is 14.0. The summed E-state index contributed by atoms with van der Waals surface area (Å²) in [7, 11) is 0.0769. The fraction of sp³-hybridized carbons (Fsp3) is 0.280. The summed E-state index contributed by atoms with van der Waals surface area (Å²) >= 11 is 0. The summed E-state index contributed by atoms with van der Waals surface area (Å²) in [5.74, 6) is -0.513. The Kier molecular flexibility index (Phi) is 7.11. The summed E-state index contributed by atoms with van der Waals surface area (Å²) in [6.07, 6.45) is 5.30. The van der Waals surface area contributed by atoms with Crippen molar-refractivity contribution >= 4 is 35.8 Å². The smallest absolute Gasteiger partial charge is 0.246 e. The highest BCUT2D eigenvalue weighted by Gasteiger charge is 2.28. The van der Waals surface area contributed by atoms with Crippen molar-refractivity contribution in [2.24, 2.45) is 7.05 Å². The van der Waals surface area contributed by atoms with E-state index in [0.29, 0.717) is 18.8 Å². The number of nitrogens with one attached hydrogen (secondary N) is 1. The van der Waals surface area contributed by atoms with Gasteiger partial charge in [-0.3, -0.25) is 14.4 Å². The van der Waals surface area contributed by atoms with E-state index in [4.69, 9.17) is 0 Å². The third kappa shape index (κ3) is 5.06. The van der Waals surface area contributed by atoms with E-state index in [1.165, 1.54) is 6.07 Å². The van der Waals surface area contributed by atoms with Gasteiger partial charge in [-0.25, -0.2) is 4.39 Å². The van der Waals surface area contributed by atoms with E-state index >= 15 is 0 Å². The van der Waals surface area contributed by atoms with Gasteiger partial charge < -0.3 is 5.32 Å². The van der Waals surface area contributed by atoms with E-state index in [1.807, 2.05) is 30.1 Å². The maximum Gasteiger partial charge on any atom is 0.246 e. The third-order valence-corrected chi connectivity index (χ3v) is 7.49. The van der Waals surface area contributed by atoms with Crippen LogP contribution in [0.4, 0.5) is 10.1 Å².